The molecular weight excluding hydrogens is 433 g/mol. The lowest BCUT2D eigenvalue weighted by atomic mass is 10.1. The van der Waals surface area contributed by atoms with Crippen LogP contribution in [0.1, 0.15) is 16.7 Å². The monoisotopic (exact) mass is 452 g/mol. The molecule has 10 heteroatoms. The van der Waals surface area contributed by atoms with Crippen LogP contribution in [0.25, 0.3) is 0 Å². The van der Waals surface area contributed by atoms with E-state index in [0.717, 1.165) is 17.7 Å². The number of alkyl halides is 3. The van der Waals surface area contributed by atoms with Gasteiger partial charge >= 0.3 is 12.2 Å². The highest BCUT2D eigenvalue weighted by Crippen LogP contribution is 2.29. The molecule has 0 atom stereocenters. The Labute approximate surface area is 187 Å². The van der Waals surface area contributed by atoms with Crippen molar-refractivity contribution < 1.29 is 17.9 Å². The maximum Gasteiger partial charge on any atom is 0.416 e. The number of nitrogens with zero attached hydrogens (tertiary/aromatic N) is 4. The second-order valence-corrected chi connectivity index (χ2v) is 6.94. The smallest absolute Gasteiger partial charge is 0.416 e. The Balaban J connectivity index is 1.53. The van der Waals surface area contributed by atoms with Crippen molar-refractivity contribution in [1.29, 1.82) is 0 Å². The van der Waals surface area contributed by atoms with Gasteiger partial charge in [-0.05, 0) is 47.5 Å². The van der Waals surface area contributed by atoms with Crippen LogP contribution >= 0.6 is 0 Å². The molecule has 4 aromatic rings. The van der Waals surface area contributed by atoms with Gasteiger partial charge in [-0.2, -0.15) is 28.1 Å². The number of nitrogens with one attached hydrogen (secondary N) is 2. The minimum Gasteiger partial charge on any atom is -0.424 e. The van der Waals surface area contributed by atoms with Crippen molar-refractivity contribution in [1.82, 2.24) is 19.9 Å². The molecule has 168 valence electrons. The number of halogens is 3. The number of aromatic nitrogens is 4. The molecule has 0 bridgehead atoms. The Morgan fingerprint density at radius 3 is 2.06 bits per heavy atom. The summed E-state index contributed by atoms with van der Waals surface area (Å²) in [5, 5.41) is 6.04. The molecule has 0 saturated heterocycles. The summed E-state index contributed by atoms with van der Waals surface area (Å²) < 4.78 is 44.7. The number of hydrogen-bond acceptors (Lipinski definition) is 7. The fourth-order valence-electron chi connectivity index (χ4n) is 2.87. The molecule has 0 unspecified atom stereocenters. The highest BCUT2D eigenvalue weighted by atomic mass is 19.4. The van der Waals surface area contributed by atoms with Gasteiger partial charge in [0.25, 0.3) is 0 Å². The summed E-state index contributed by atoms with van der Waals surface area (Å²) in [6.45, 7) is 0.521. The number of anilines is 2. The van der Waals surface area contributed by atoms with Crippen molar-refractivity contribution >= 4 is 11.9 Å². The minimum atomic E-state index is -4.41. The van der Waals surface area contributed by atoms with Crippen LogP contribution < -0.4 is 15.4 Å². The zero-order chi connectivity index (χ0) is 23.1. The zero-order valence-corrected chi connectivity index (χ0v) is 17.3. The SMILES string of the molecule is FC(F)(F)c1cccc(CNc2nc(NCc3ccncc3)nc(Oc3ccccc3)n2)c1. The Bertz CT molecular complexity index is 1190. The van der Waals surface area contributed by atoms with E-state index < -0.39 is 11.7 Å². The molecule has 0 spiro atoms. The Kier molecular flexibility index (Phi) is 6.63. The first-order valence-electron chi connectivity index (χ1n) is 9.97. The number of pyridine rings is 1. The lowest BCUT2D eigenvalue weighted by Gasteiger charge is -2.12. The molecule has 0 aliphatic rings. The number of para-hydroxylation sites is 1. The predicted molar refractivity (Wildman–Crippen MR) is 117 cm³/mol. The van der Waals surface area contributed by atoms with E-state index in [9.17, 15) is 13.2 Å². The van der Waals surface area contributed by atoms with Crippen LogP contribution in [0.4, 0.5) is 25.1 Å². The lowest BCUT2D eigenvalue weighted by molar-refractivity contribution is -0.137. The first kappa shape index (κ1) is 22.0. The van der Waals surface area contributed by atoms with Gasteiger partial charge in [0, 0.05) is 25.5 Å². The number of ether oxygens (including phenoxy) is 1. The van der Waals surface area contributed by atoms with E-state index in [2.05, 4.69) is 30.6 Å². The van der Waals surface area contributed by atoms with Gasteiger partial charge in [0.1, 0.15) is 5.75 Å². The molecule has 0 amide bonds. The van der Waals surface area contributed by atoms with Crippen LogP contribution in [-0.2, 0) is 19.3 Å². The molecule has 2 aromatic heterocycles. The van der Waals surface area contributed by atoms with Gasteiger partial charge in [0.15, 0.2) is 0 Å². The third-order valence-corrected chi connectivity index (χ3v) is 4.47. The van der Waals surface area contributed by atoms with E-state index in [1.54, 1.807) is 30.6 Å². The summed E-state index contributed by atoms with van der Waals surface area (Å²) in [6.07, 6.45) is -1.06. The standard InChI is InChI=1S/C23H19F3N6O/c24-23(25,26)18-6-4-5-17(13-18)15-29-21-30-20(28-14-16-9-11-27-12-10-16)31-22(32-21)33-19-7-2-1-3-8-19/h1-13H,14-15H2,(H2,28,29,30,31,32). The second-order valence-electron chi connectivity index (χ2n) is 6.94. The third kappa shape index (κ3) is 6.39. The van der Waals surface area contributed by atoms with Gasteiger partial charge in [-0.15, -0.1) is 0 Å². The van der Waals surface area contributed by atoms with E-state index in [1.807, 2.05) is 30.3 Å². The first-order chi connectivity index (χ1) is 16.0. The summed E-state index contributed by atoms with van der Waals surface area (Å²) in [7, 11) is 0. The van der Waals surface area contributed by atoms with Gasteiger partial charge in [-0.3, -0.25) is 4.98 Å². The first-order valence-corrected chi connectivity index (χ1v) is 9.97. The van der Waals surface area contributed by atoms with Crippen LogP contribution in [0.5, 0.6) is 11.8 Å². The van der Waals surface area contributed by atoms with Crippen LogP contribution in [0, 0.1) is 0 Å². The van der Waals surface area contributed by atoms with E-state index in [-0.39, 0.29) is 24.5 Å². The van der Waals surface area contributed by atoms with E-state index in [0.29, 0.717) is 17.9 Å². The predicted octanol–water partition coefficient (Wildman–Crippen LogP) is 5.30. The van der Waals surface area contributed by atoms with Crippen molar-refractivity contribution in [2.24, 2.45) is 0 Å². The molecule has 2 heterocycles. The molecule has 0 fully saturated rings. The van der Waals surface area contributed by atoms with Gasteiger partial charge in [-0.25, -0.2) is 0 Å². The van der Waals surface area contributed by atoms with E-state index >= 15 is 0 Å². The van der Waals surface area contributed by atoms with Gasteiger partial charge in [0.05, 0.1) is 5.56 Å². The third-order valence-electron chi connectivity index (χ3n) is 4.47. The Morgan fingerprint density at radius 1 is 0.727 bits per heavy atom. The number of hydrogen-bond donors (Lipinski definition) is 2. The molecular formula is C23H19F3N6O. The average Bonchev–Trinajstić information content (AvgIpc) is 2.82. The van der Waals surface area contributed by atoms with Gasteiger partial charge in [0.2, 0.25) is 11.9 Å². The molecule has 7 nitrogen and oxygen atoms in total. The molecule has 0 aliphatic heterocycles. The topological polar surface area (TPSA) is 84.9 Å². The Hall–Kier alpha value is -4.21. The quantitative estimate of drug-likeness (QED) is 0.375. The maximum atomic E-state index is 13.0. The highest BCUT2D eigenvalue weighted by Gasteiger charge is 2.30. The largest absolute Gasteiger partial charge is 0.424 e. The van der Waals surface area contributed by atoms with Crippen LogP contribution in [0.2, 0.25) is 0 Å². The number of rotatable bonds is 8. The lowest BCUT2D eigenvalue weighted by Crippen LogP contribution is -2.11. The van der Waals surface area contributed by atoms with Crippen molar-refractivity contribution in [2.75, 3.05) is 10.6 Å². The maximum absolute atomic E-state index is 13.0. The minimum absolute atomic E-state index is 0.0416. The molecule has 4 rings (SSSR count). The summed E-state index contributed by atoms with van der Waals surface area (Å²) in [6, 6.07) is 17.8. The molecule has 2 N–H and O–H groups in total. The highest BCUT2D eigenvalue weighted by molar-refractivity contribution is 5.39. The molecule has 33 heavy (non-hydrogen) atoms. The van der Waals surface area contributed by atoms with Crippen molar-refractivity contribution in [3.8, 4) is 11.8 Å². The average molecular weight is 452 g/mol. The fourth-order valence-corrected chi connectivity index (χ4v) is 2.87. The molecule has 0 radical (unpaired) electrons. The van der Waals surface area contributed by atoms with Gasteiger partial charge < -0.3 is 15.4 Å². The van der Waals surface area contributed by atoms with E-state index in [4.69, 9.17) is 4.74 Å². The fraction of sp³-hybridized carbons (Fsp3) is 0.130. The summed E-state index contributed by atoms with van der Waals surface area (Å²) in [5.41, 5.74) is 0.682. The van der Waals surface area contributed by atoms with Gasteiger partial charge in [-0.1, -0.05) is 30.3 Å². The Morgan fingerprint density at radius 2 is 1.39 bits per heavy atom. The summed E-state index contributed by atoms with van der Waals surface area (Å²) in [5.74, 6) is 0.942. The summed E-state index contributed by atoms with van der Waals surface area (Å²) >= 11 is 0. The molecule has 0 aliphatic carbocycles. The van der Waals surface area contributed by atoms with E-state index in [1.165, 1.54) is 6.07 Å². The van der Waals surface area contributed by atoms with Crippen LogP contribution in [-0.4, -0.2) is 19.9 Å². The molecule has 0 saturated carbocycles. The number of benzene rings is 2. The zero-order valence-electron chi connectivity index (χ0n) is 17.3. The second kappa shape index (κ2) is 9.94. The normalized spacial score (nSPS) is 11.1. The molecule has 2 aromatic carbocycles. The van der Waals surface area contributed by atoms with Crippen LogP contribution in [0.3, 0.4) is 0 Å². The van der Waals surface area contributed by atoms with Crippen molar-refractivity contribution in [3.63, 3.8) is 0 Å². The van der Waals surface area contributed by atoms with Crippen molar-refractivity contribution in [3.05, 3.63) is 95.8 Å². The summed E-state index contributed by atoms with van der Waals surface area (Å²) in [4.78, 5) is 16.8. The van der Waals surface area contributed by atoms with Crippen molar-refractivity contribution in [2.45, 2.75) is 19.3 Å². The van der Waals surface area contributed by atoms with Crippen LogP contribution in [0.15, 0.2) is 79.1 Å².